The molecule has 0 spiro atoms. The predicted molar refractivity (Wildman–Crippen MR) is 135 cm³/mol. The van der Waals surface area contributed by atoms with Crippen molar-refractivity contribution in [3.63, 3.8) is 0 Å². The maximum Gasteiger partial charge on any atom is 0.284 e. The summed E-state index contributed by atoms with van der Waals surface area (Å²) in [5.41, 5.74) is 1.93. The average Bonchev–Trinajstić information content (AvgIpc) is 3.20. The van der Waals surface area contributed by atoms with E-state index in [1.807, 2.05) is 74.9 Å². The van der Waals surface area contributed by atoms with E-state index in [-0.39, 0.29) is 24.6 Å². The Kier molecular flexibility index (Phi) is 6.23. The van der Waals surface area contributed by atoms with Crippen molar-refractivity contribution in [2.75, 3.05) is 47.0 Å². The van der Waals surface area contributed by atoms with Crippen molar-refractivity contribution in [1.29, 1.82) is 0 Å². The highest BCUT2D eigenvalue weighted by Crippen LogP contribution is 2.70. The Morgan fingerprint density at radius 2 is 1.18 bits per heavy atom. The number of hydrogen-bond acceptors (Lipinski definition) is 4. The molecule has 2 aliphatic heterocycles. The SMILES string of the molecule is O=P1(C(c2ccccc2F)N2CCS(=O)(=O)CC2)N(c2ccccc2)CCN1c1ccccc1. The Hall–Kier alpha value is -2.67. The third-order valence-corrected chi connectivity index (χ3v) is 11.6. The first-order chi connectivity index (χ1) is 16.4. The molecule has 0 radical (unpaired) electrons. The summed E-state index contributed by atoms with van der Waals surface area (Å²) in [5, 5.41) is 0. The molecular formula is C25H27FN3O3PS. The van der Waals surface area contributed by atoms with Crippen molar-refractivity contribution in [3.8, 4) is 0 Å². The molecular weight excluding hydrogens is 472 g/mol. The summed E-state index contributed by atoms with van der Waals surface area (Å²) in [6, 6.07) is 25.5. The van der Waals surface area contributed by atoms with Crippen LogP contribution in [0.15, 0.2) is 84.9 Å². The van der Waals surface area contributed by atoms with Crippen LogP contribution in [0.3, 0.4) is 0 Å². The van der Waals surface area contributed by atoms with Gasteiger partial charge in [-0.25, -0.2) is 12.8 Å². The zero-order valence-electron chi connectivity index (χ0n) is 18.7. The molecule has 6 nitrogen and oxygen atoms in total. The molecule has 178 valence electrons. The summed E-state index contributed by atoms with van der Waals surface area (Å²) >= 11 is 0. The van der Waals surface area contributed by atoms with Crippen LogP contribution < -0.4 is 9.34 Å². The first-order valence-electron chi connectivity index (χ1n) is 11.3. The largest absolute Gasteiger partial charge is 0.304 e. The minimum atomic E-state index is -3.55. The normalized spacial score (nSPS) is 20.9. The molecule has 0 N–H and O–H groups in total. The van der Waals surface area contributed by atoms with E-state index in [2.05, 4.69) is 0 Å². The van der Waals surface area contributed by atoms with E-state index in [0.29, 0.717) is 18.7 Å². The fourth-order valence-electron chi connectivity index (χ4n) is 4.91. The van der Waals surface area contributed by atoms with Crippen molar-refractivity contribution >= 4 is 28.7 Å². The molecule has 0 amide bonds. The molecule has 1 unspecified atom stereocenters. The van der Waals surface area contributed by atoms with E-state index < -0.39 is 28.9 Å². The van der Waals surface area contributed by atoms with E-state index in [4.69, 9.17) is 0 Å². The van der Waals surface area contributed by atoms with Crippen molar-refractivity contribution in [2.24, 2.45) is 0 Å². The maximum absolute atomic E-state index is 15.5. The first kappa shape index (κ1) is 23.1. The van der Waals surface area contributed by atoms with E-state index in [9.17, 15) is 8.42 Å². The van der Waals surface area contributed by atoms with Gasteiger partial charge in [-0.1, -0.05) is 54.6 Å². The summed E-state index contributed by atoms with van der Waals surface area (Å²) in [7, 11) is -6.71. The molecule has 2 heterocycles. The molecule has 3 aromatic rings. The van der Waals surface area contributed by atoms with Gasteiger partial charge in [0, 0.05) is 43.1 Å². The summed E-state index contributed by atoms with van der Waals surface area (Å²) < 4.78 is 59.0. The number of anilines is 2. The smallest absolute Gasteiger partial charge is 0.284 e. The van der Waals surface area contributed by atoms with Crippen molar-refractivity contribution < 1.29 is 17.4 Å². The lowest BCUT2D eigenvalue weighted by Crippen LogP contribution is -2.44. The van der Waals surface area contributed by atoms with Gasteiger partial charge in [0.05, 0.1) is 11.5 Å². The molecule has 2 fully saturated rings. The third-order valence-electron chi connectivity index (χ3n) is 6.55. The lowest BCUT2D eigenvalue weighted by atomic mass is 10.2. The zero-order valence-corrected chi connectivity index (χ0v) is 20.4. The van der Waals surface area contributed by atoms with Gasteiger partial charge >= 0.3 is 0 Å². The van der Waals surface area contributed by atoms with Gasteiger partial charge in [0.15, 0.2) is 9.84 Å². The molecule has 1 atom stereocenters. The van der Waals surface area contributed by atoms with Gasteiger partial charge in [0.1, 0.15) is 11.6 Å². The summed E-state index contributed by atoms with van der Waals surface area (Å²) in [6.45, 7) is 1.42. The number of nitrogens with zero attached hydrogens (tertiary/aromatic N) is 3. The Bertz CT molecular complexity index is 1240. The Morgan fingerprint density at radius 1 is 0.706 bits per heavy atom. The minimum absolute atomic E-state index is 0.0331. The molecule has 0 aliphatic carbocycles. The molecule has 2 saturated heterocycles. The Morgan fingerprint density at radius 3 is 1.68 bits per heavy atom. The third kappa shape index (κ3) is 4.15. The van der Waals surface area contributed by atoms with Crippen LogP contribution in [0.25, 0.3) is 0 Å². The minimum Gasteiger partial charge on any atom is -0.304 e. The van der Waals surface area contributed by atoms with Gasteiger partial charge in [-0.2, -0.15) is 0 Å². The number of rotatable bonds is 5. The predicted octanol–water partition coefficient (Wildman–Crippen LogP) is 4.77. The fourth-order valence-corrected chi connectivity index (χ4v) is 9.83. The second kappa shape index (κ2) is 9.17. The van der Waals surface area contributed by atoms with Crippen molar-refractivity contribution in [1.82, 2.24) is 4.90 Å². The first-order valence-corrected chi connectivity index (χ1v) is 14.9. The van der Waals surface area contributed by atoms with Crippen LogP contribution >= 0.6 is 7.44 Å². The molecule has 0 saturated carbocycles. The topological polar surface area (TPSA) is 60.9 Å². The maximum atomic E-state index is 15.5. The Balaban J connectivity index is 1.70. The zero-order chi connectivity index (χ0) is 23.8. The van der Waals surface area contributed by atoms with Crippen LogP contribution in [0.1, 0.15) is 11.3 Å². The highest BCUT2D eigenvalue weighted by atomic mass is 32.2. The lowest BCUT2D eigenvalue weighted by Gasteiger charge is -2.44. The second-order valence-electron chi connectivity index (χ2n) is 8.59. The average molecular weight is 500 g/mol. The fraction of sp³-hybridized carbons (Fsp3) is 0.280. The van der Waals surface area contributed by atoms with Crippen LogP contribution in [-0.2, 0) is 14.4 Å². The van der Waals surface area contributed by atoms with Crippen LogP contribution in [0.2, 0.25) is 0 Å². The van der Waals surface area contributed by atoms with Gasteiger partial charge in [0.25, 0.3) is 7.44 Å². The molecule has 2 aliphatic rings. The van der Waals surface area contributed by atoms with Gasteiger partial charge in [-0.05, 0) is 30.3 Å². The van der Waals surface area contributed by atoms with E-state index in [0.717, 1.165) is 11.4 Å². The van der Waals surface area contributed by atoms with E-state index in [1.165, 1.54) is 6.07 Å². The standard InChI is InChI=1S/C25H27FN3O3PS/c26-24-14-8-7-13-23(24)25(27-17-19-34(31,32)20-18-27)33(30)28(21-9-3-1-4-10-21)15-16-29(33)22-11-5-2-6-12-22/h1-14,25H,15-20H2. The number of benzene rings is 3. The Labute approximate surface area is 200 Å². The van der Waals surface area contributed by atoms with Gasteiger partial charge in [-0.15, -0.1) is 0 Å². The number of halogens is 1. The van der Waals surface area contributed by atoms with Crippen LogP contribution in [0, 0.1) is 5.82 Å². The summed E-state index contributed by atoms with van der Waals surface area (Å²) in [4.78, 5) is 1.90. The number of para-hydroxylation sites is 2. The lowest BCUT2D eigenvalue weighted by molar-refractivity contribution is 0.263. The number of sulfone groups is 1. The quantitative estimate of drug-likeness (QED) is 0.471. The molecule has 3 aromatic carbocycles. The molecule has 5 rings (SSSR count). The molecule has 9 heteroatoms. The van der Waals surface area contributed by atoms with Gasteiger partial charge in [-0.3, -0.25) is 9.46 Å². The van der Waals surface area contributed by atoms with Crippen LogP contribution in [0.4, 0.5) is 15.8 Å². The highest BCUT2D eigenvalue weighted by molar-refractivity contribution is 7.91. The monoisotopic (exact) mass is 499 g/mol. The summed E-state index contributed by atoms with van der Waals surface area (Å²) in [5.74, 6) is -1.33. The van der Waals surface area contributed by atoms with Gasteiger partial charge in [0.2, 0.25) is 0 Å². The number of hydrogen-bond donors (Lipinski definition) is 0. The van der Waals surface area contributed by atoms with Crippen molar-refractivity contribution in [2.45, 2.75) is 5.78 Å². The molecule has 0 bridgehead atoms. The van der Waals surface area contributed by atoms with E-state index in [1.54, 1.807) is 18.2 Å². The molecule has 34 heavy (non-hydrogen) atoms. The van der Waals surface area contributed by atoms with Gasteiger partial charge < -0.3 is 9.34 Å². The molecule has 0 aromatic heterocycles. The van der Waals surface area contributed by atoms with Crippen molar-refractivity contribution in [3.05, 3.63) is 96.3 Å². The van der Waals surface area contributed by atoms with E-state index >= 15 is 8.96 Å². The second-order valence-corrected chi connectivity index (χ2v) is 13.5. The highest BCUT2D eigenvalue weighted by Gasteiger charge is 2.53. The van der Waals surface area contributed by atoms with Crippen LogP contribution in [-0.4, -0.2) is 51.0 Å². The van der Waals surface area contributed by atoms with Crippen LogP contribution in [0.5, 0.6) is 0 Å². The summed E-state index contributed by atoms with van der Waals surface area (Å²) in [6.07, 6.45) is 0.